The van der Waals surface area contributed by atoms with Crippen molar-refractivity contribution in [1.82, 2.24) is 14.8 Å². The van der Waals surface area contributed by atoms with Gasteiger partial charge >= 0.3 is 5.97 Å². The Hall–Kier alpha value is -3.57. The van der Waals surface area contributed by atoms with E-state index in [0.29, 0.717) is 31.3 Å². The number of esters is 1. The lowest BCUT2D eigenvalue weighted by Crippen LogP contribution is -2.58. The number of piperazine rings is 1. The minimum Gasteiger partial charge on any atom is -0.504 e. The maximum absolute atomic E-state index is 13.3. The van der Waals surface area contributed by atoms with Gasteiger partial charge in [-0.2, -0.15) is 0 Å². The van der Waals surface area contributed by atoms with Gasteiger partial charge in [0.1, 0.15) is 24.4 Å². The van der Waals surface area contributed by atoms with E-state index in [1.807, 2.05) is 34.9 Å². The summed E-state index contributed by atoms with van der Waals surface area (Å²) < 4.78 is 17.5. The van der Waals surface area contributed by atoms with Gasteiger partial charge in [0.15, 0.2) is 22.7 Å². The number of rotatable bonds is 7. The first-order valence-electron chi connectivity index (χ1n) is 14.2. The molecule has 4 heterocycles. The highest BCUT2D eigenvalue weighted by Crippen LogP contribution is 2.52. The quantitative estimate of drug-likeness (QED) is 0.198. The Balaban J connectivity index is 1.16. The summed E-state index contributed by atoms with van der Waals surface area (Å²) in [7, 11) is 1.25. The maximum atomic E-state index is 13.3. The van der Waals surface area contributed by atoms with Crippen molar-refractivity contribution in [3.8, 4) is 17.2 Å². The smallest absolute Gasteiger partial charge is 0.339 e. The monoisotopic (exact) mass is 630 g/mol. The fraction of sp³-hybridized carbons (Fsp3) is 0.483. The van der Waals surface area contributed by atoms with Crippen LogP contribution in [0.5, 0.6) is 17.2 Å². The molecule has 1 aromatic heterocycles. The third kappa shape index (κ3) is 5.34. The number of thiazole rings is 1. The first-order chi connectivity index (χ1) is 21.1. The van der Waals surface area contributed by atoms with Crippen molar-refractivity contribution in [3.05, 3.63) is 40.5 Å². The number of aliphatic hydroxyl groups is 3. The van der Waals surface area contributed by atoms with Crippen molar-refractivity contribution < 1.29 is 49.3 Å². The van der Waals surface area contributed by atoms with Crippen molar-refractivity contribution in [2.45, 2.75) is 44.0 Å². The van der Waals surface area contributed by atoms with Crippen molar-refractivity contribution in [2.24, 2.45) is 0 Å². The molecule has 0 bridgehead atoms. The molecule has 0 aliphatic carbocycles. The molecular weight excluding hydrogens is 596 g/mol. The maximum Gasteiger partial charge on any atom is 0.339 e. The first-order valence-corrected chi connectivity index (χ1v) is 15.0. The van der Waals surface area contributed by atoms with Crippen LogP contribution in [0.1, 0.15) is 33.2 Å². The number of aryl methyl sites for hydroxylation is 1. The molecular formula is C29H34N4O10S. The van der Waals surface area contributed by atoms with E-state index in [-0.39, 0.29) is 41.4 Å². The molecule has 0 saturated carbocycles. The number of methoxy groups -OCH3 is 1. The lowest BCUT2D eigenvalue weighted by atomic mass is 9.84. The number of para-hydroxylation sites is 1. The number of aromatic nitrogens is 1. The Morgan fingerprint density at radius 3 is 2.55 bits per heavy atom. The van der Waals surface area contributed by atoms with Gasteiger partial charge in [0, 0.05) is 43.9 Å². The number of nitrogens with one attached hydrogen (secondary N) is 1. The van der Waals surface area contributed by atoms with E-state index in [2.05, 4.69) is 10.3 Å². The van der Waals surface area contributed by atoms with Crippen LogP contribution in [0.3, 0.4) is 0 Å². The third-order valence-corrected chi connectivity index (χ3v) is 9.36. The Labute approximate surface area is 256 Å². The van der Waals surface area contributed by atoms with E-state index in [1.54, 1.807) is 0 Å². The summed E-state index contributed by atoms with van der Waals surface area (Å²) in [5.74, 6) is -2.38. The molecule has 2 aromatic carbocycles. The summed E-state index contributed by atoms with van der Waals surface area (Å²) in [5.41, 5.74) is 1.87. The second kappa shape index (κ2) is 12.1. The van der Waals surface area contributed by atoms with E-state index in [9.17, 15) is 35.1 Å². The minimum atomic E-state index is -1.59. The molecule has 236 valence electrons. The molecule has 44 heavy (non-hydrogen) atoms. The van der Waals surface area contributed by atoms with Crippen molar-refractivity contribution in [3.63, 3.8) is 0 Å². The number of carbonyl (C=O) groups excluding carboxylic acids is 2. The zero-order chi connectivity index (χ0) is 31.3. The summed E-state index contributed by atoms with van der Waals surface area (Å²) in [6.07, 6.45) is -6.92. The molecule has 5 atom stereocenters. The molecule has 15 heteroatoms. The van der Waals surface area contributed by atoms with Crippen molar-refractivity contribution >= 4 is 38.6 Å². The Kier molecular flexibility index (Phi) is 8.36. The standard InChI is InChI=1S/C29H34N4O10S/c1-13-4-3-5-16-20(13)31-29(44-16)30-17(35)11-33-8-6-32(7-9-33)10-14-18-19(23(38)26(41-2)21(14)36)25-27(43-28(18)40)24(39)22(37)15(12-34)42-25/h3-5,15,22,24-25,27,34,36-39H,6-12H2,1-2H3,(H,30,31,35)/t15-,22-,24+,25?,27?/m1/s1. The number of aromatic hydroxyl groups is 2. The number of amides is 1. The number of anilines is 1. The Morgan fingerprint density at radius 2 is 1.86 bits per heavy atom. The van der Waals surface area contributed by atoms with Crippen LogP contribution in [-0.2, 0) is 20.8 Å². The average molecular weight is 631 g/mol. The summed E-state index contributed by atoms with van der Waals surface area (Å²) in [4.78, 5) is 34.5. The van der Waals surface area contributed by atoms with Crippen LogP contribution in [0.4, 0.5) is 5.13 Å². The normalized spacial score (nSPS) is 25.8. The van der Waals surface area contributed by atoms with Gasteiger partial charge in [0.05, 0.1) is 36.0 Å². The van der Waals surface area contributed by atoms with Crippen LogP contribution < -0.4 is 10.1 Å². The van der Waals surface area contributed by atoms with Crippen LogP contribution in [0.15, 0.2) is 18.2 Å². The number of ether oxygens (including phenoxy) is 3. The fourth-order valence-corrected chi connectivity index (χ4v) is 7.06. The molecule has 3 aliphatic rings. The number of benzene rings is 2. The van der Waals surface area contributed by atoms with Gasteiger partial charge < -0.3 is 45.1 Å². The third-order valence-electron chi connectivity index (χ3n) is 8.43. The lowest BCUT2D eigenvalue weighted by molar-refractivity contribution is -0.235. The molecule has 6 N–H and O–H groups in total. The van der Waals surface area contributed by atoms with Gasteiger partial charge in [-0.3, -0.25) is 14.6 Å². The van der Waals surface area contributed by atoms with Crippen molar-refractivity contribution in [2.75, 3.05) is 51.8 Å². The number of hydrogen-bond donors (Lipinski definition) is 6. The number of carbonyl (C=O) groups is 2. The number of phenols is 2. The molecule has 3 aromatic rings. The van der Waals surface area contributed by atoms with E-state index >= 15 is 0 Å². The summed E-state index contributed by atoms with van der Waals surface area (Å²) in [5, 5.41) is 56.1. The average Bonchev–Trinajstić information content (AvgIpc) is 3.42. The second-order valence-corrected chi connectivity index (χ2v) is 12.2. The highest BCUT2D eigenvalue weighted by molar-refractivity contribution is 7.22. The second-order valence-electron chi connectivity index (χ2n) is 11.2. The zero-order valence-corrected chi connectivity index (χ0v) is 24.9. The van der Waals surface area contributed by atoms with Crippen LogP contribution in [0.2, 0.25) is 0 Å². The molecule has 6 rings (SSSR count). The van der Waals surface area contributed by atoms with Gasteiger partial charge in [0.2, 0.25) is 11.7 Å². The van der Waals surface area contributed by atoms with Gasteiger partial charge in [-0.05, 0) is 18.6 Å². The highest BCUT2D eigenvalue weighted by atomic mass is 32.1. The number of fused-ring (bicyclic) bond motifs is 4. The molecule has 2 fully saturated rings. The van der Waals surface area contributed by atoms with Gasteiger partial charge in [-0.25, -0.2) is 9.78 Å². The van der Waals surface area contributed by atoms with E-state index in [1.165, 1.54) is 18.4 Å². The molecule has 2 saturated heterocycles. The molecule has 1 amide bonds. The summed E-state index contributed by atoms with van der Waals surface area (Å²) >= 11 is 1.42. The van der Waals surface area contributed by atoms with E-state index in [0.717, 1.165) is 15.8 Å². The fourth-order valence-electron chi connectivity index (χ4n) is 6.10. The number of hydrogen-bond acceptors (Lipinski definition) is 14. The zero-order valence-electron chi connectivity index (χ0n) is 24.1. The first kappa shape index (κ1) is 30.5. The van der Waals surface area contributed by atoms with Gasteiger partial charge in [-0.1, -0.05) is 23.5 Å². The Bertz CT molecular complexity index is 1590. The predicted molar refractivity (Wildman–Crippen MR) is 157 cm³/mol. The molecule has 3 aliphatic heterocycles. The number of phenolic OH excluding ortho intramolecular Hbond substituents is 2. The number of nitrogens with zero attached hydrogens (tertiary/aromatic N) is 3. The Morgan fingerprint density at radius 1 is 1.14 bits per heavy atom. The highest BCUT2D eigenvalue weighted by Gasteiger charge is 2.53. The predicted octanol–water partition coefficient (Wildman–Crippen LogP) is 0.474. The van der Waals surface area contributed by atoms with E-state index < -0.39 is 54.6 Å². The van der Waals surface area contributed by atoms with Crippen LogP contribution in [0, 0.1) is 6.92 Å². The summed E-state index contributed by atoms with van der Waals surface area (Å²) in [6, 6.07) is 5.90. The van der Waals surface area contributed by atoms with Crippen molar-refractivity contribution in [1.29, 1.82) is 0 Å². The molecule has 0 spiro atoms. The van der Waals surface area contributed by atoms with Crippen LogP contribution >= 0.6 is 11.3 Å². The minimum absolute atomic E-state index is 0.0550. The van der Waals surface area contributed by atoms with Crippen LogP contribution in [-0.4, -0.2) is 123 Å². The number of aliphatic hydroxyl groups excluding tert-OH is 3. The largest absolute Gasteiger partial charge is 0.504 e. The van der Waals surface area contributed by atoms with Gasteiger partial charge in [-0.15, -0.1) is 0 Å². The molecule has 2 unspecified atom stereocenters. The lowest BCUT2D eigenvalue weighted by Gasteiger charge is -2.45. The topological polar surface area (TPSA) is 194 Å². The van der Waals surface area contributed by atoms with Crippen LogP contribution in [0.25, 0.3) is 10.2 Å². The molecule has 0 radical (unpaired) electrons. The molecule has 14 nitrogen and oxygen atoms in total. The SMILES string of the molecule is COc1c(O)c(CN2CCN(CC(=O)Nc3nc4c(C)cccc4s3)CC2)c2c(c1O)C1O[C@H](CO)[C@@H](O)[C@H](O)C1OC2=O. The van der Waals surface area contributed by atoms with Gasteiger partial charge in [0.25, 0.3) is 0 Å². The summed E-state index contributed by atoms with van der Waals surface area (Å²) in [6.45, 7) is 3.66. The van der Waals surface area contributed by atoms with E-state index in [4.69, 9.17) is 14.2 Å².